The largest absolute Gasteiger partial charge is 0.381 e. The number of pyridine rings is 1. The van der Waals surface area contributed by atoms with Crippen LogP contribution in [0.25, 0.3) is 10.9 Å². The molecular weight excluding hydrogens is 339 g/mol. The van der Waals surface area contributed by atoms with E-state index in [2.05, 4.69) is 26.2 Å². The minimum atomic E-state index is -0.561. The molecule has 1 saturated carbocycles. The van der Waals surface area contributed by atoms with Crippen LogP contribution in [-0.2, 0) is 14.9 Å². The van der Waals surface area contributed by atoms with Gasteiger partial charge in [0, 0.05) is 24.1 Å². The fraction of sp³-hybridized carbons (Fsp3) is 0.333. The number of carbonyl (C=O) groups excluding carboxylic acids is 1. The van der Waals surface area contributed by atoms with E-state index in [9.17, 15) is 9.18 Å². The Hall–Kier alpha value is -1.53. The first-order chi connectivity index (χ1) is 10.0. The highest BCUT2D eigenvalue weighted by Gasteiger charge is 2.56. The topological polar surface area (TPSA) is 51.2 Å². The number of halogens is 2. The van der Waals surface area contributed by atoms with E-state index in [0.717, 1.165) is 16.6 Å². The lowest BCUT2D eigenvalue weighted by Crippen LogP contribution is -2.50. The average Bonchev–Trinajstić information content (AvgIpc) is 2.71. The molecule has 0 radical (unpaired) electrons. The summed E-state index contributed by atoms with van der Waals surface area (Å²) in [5.74, 6) is -0.370. The van der Waals surface area contributed by atoms with E-state index in [4.69, 9.17) is 4.74 Å². The molecule has 6 heteroatoms. The highest BCUT2D eigenvalue weighted by atomic mass is 79.9. The molecule has 2 heterocycles. The number of benzene rings is 1. The summed E-state index contributed by atoms with van der Waals surface area (Å²) >= 11 is 3.21. The van der Waals surface area contributed by atoms with Crippen LogP contribution < -0.4 is 5.32 Å². The van der Waals surface area contributed by atoms with Gasteiger partial charge in [0.1, 0.15) is 5.82 Å². The number of hydrogen-bond donors (Lipinski definition) is 1. The summed E-state index contributed by atoms with van der Waals surface area (Å²) in [6.45, 7) is 0. The number of nitrogens with zero attached hydrogens (tertiary/aromatic N) is 1. The van der Waals surface area contributed by atoms with Crippen molar-refractivity contribution in [1.29, 1.82) is 0 Å². The van der Waals surface area contributed by atoms with E-state index in [1.807, 2.05) is 0 Å². The lowest BCUT2D eigenvalue weighted by molar-refractivity contribution is -0.129. The van der Waals surface area contributed by atoms with Crippen LogP contribution in [0.4, 0.5) is 10.1 Å². The molecule has 1 aliphatic carbocycles. The quantitative estimate of drug-likeness (QED) is 0.859. The van der Waals surface area contributed by atoms with Gasteiger partial charge in [-0.25, -0.2) is 4.39 Å². The summed E-state index contributed by atoms with van der Waals surface area (Å²) < 4.78 is 19.4. The Morgan fingerprint density at radius 2 is 2.24 bits per heavy atom. The summed E-state index contributed by atoms with van der Waals surface area (Å²) in [5, 5.41) is 3.71. The Balaban J connectivity index is 1.97. The van der Waals surface area contributed by atoms with Gasteiger partial charge in [-0.05, 0) is 34.8 Å². The van der Waals surface area contributed by atoms with Gasteiger partial charge in [0.2, 0.25) is 5.91 Å². The van der Waals surface area contributed by atoms with Gasteiger partial charge in [-0.3, -0.25) is 9.78 Å². The van der Waals surface area contributed by atoms with Crippen LogP contribution in [0.2, 0.25) is 0 Å². The molecule has 0 unspecified atom stereocenters. The highest BCUT2D eigenvalue weighted by molar-refractivity contribution is 9.10. The third-order valence-corrected chi connectivity index (χ3v) is 5.16. The number of methoxy groups -OCH3 is 1. The number of hydrogen-bond acceptors (Lipinski definition) is 3. The summed E-state index contributed by atoms with van der Waals surface area (Å²) in [6, 6.07) is 3.10. The average molecular weight is 351 g/mol. The second kappa shape index (κ2) is 4.24. The zero-order chi connectivity index (χ0) is 14.8. The van der Waals surface area contributed by atoms with E-state index in [1.54, 1.807) is 19.4 Å². The second-order valence-electron chi connectivity index (χ2n) is 5.63. The molecule has 1 amide bonds. The second-order valence-corrected chi connectivity index (χ2v) is 6.49. The Labute approximate surface area is 128 Å². The first-order valence-electron chi connectivity index (χ1n) is 6.67. The van der Waals surface area contributed by atoms with Gasteiger partial charge in [0.15, 0.2) is 0 Å². The molecule has 1 spiro atoms. The van der Waals surface area contributed by atoms with Crippen LogP contribution in [0, 0.1) is 5.82 Å². The molecule has 2 aromatic rings. The third-order valence-electron chi connectivity index (χ3n) is 4.56. The van der Waals surface area contributed by atoms with Gasteiger partial charge in [0.25, 0.3) is 0 Å². The summed E-state index contributed by atoms with van der Waals surface area (Å²) in [5.41, 5.74) is 1.65. The van der Waals surface area contributed by atoms with Crippen LogP contribution in [0.3, 0.4) is 0 Å². The maximum atomic E-state index is 13.7. The van der Waals surface area contributed by atoms with Crippen molar-refractivity contribution in [2.45, 2.75) is 24.4 Å². The van der Waals surface area contributed by atoms with Gasteiger partial charge in [0.05, 0.1) is 33.4 Å². The number of carbonyl (C=O) groups is 1. The number of nitrogens with one attached hydrogen (secondary N) is 1. The standard InChI is InChI=1S/C15H12BrFN2O2/c1-21-7-4-15(5-7)13-8-2-9(16)10(17)3-11(8)18-6-12(13)19-14(15)20/h2-3,6-7H,4-5H2,1H3,(H,19,20). The number of amides is 1. The molecule has 21 heavy (non-hydrogen) atoms. The van der Waals surface area contributed by atoms with Gasteiger partial charge < -0.3 is 10.1 Å². The van der Waals surface area contributed by atoms with Crippen molar-refractivity contribution in [1.82, 2.24) is 4.98 Å². The van der Waals surface area contributed by atoms with E-state index in [1.165, 1.54) is 6.07 Å². The van der Waals surface area contributed by atoms with Crippen LogP contribution in [0.15, 0.2) is 22.8 Å². The molecule has 1 aliphatic heterocycles. The van der Waals surface area contributed by atoms with Crippen molar-refractivity contribution in [2.75, 3.05) is 12.4 Å². The van der Waals surface area contributed by atoms with E-state index in [-0.39, 0.29) is 17.8 Å². The van der Waals surface area contributed by atoms with Crippen molar-refractivity contribution in [3.8, 4) is 0 Å². The van der Waals surface area contributed by atoms with E-state index < -0.39 is 5.41 Å². The van der Waals surface area contributed by atoms with Crippen molar-refractivity contribution >= 4 is 38.4 Å². The lowest BCUT2D eigenvalue weighted by Gasteiger charge is -2.42. The van der Waals surface area contributed by atoms with E-state index >= 15 is 0 Å². The first kappa shape index (κ1) is 13.2. The fourth-order valence-corrected chi connectivity index (χ4v) is 3.77. The van der Waals surface area contributed by atoms with Crippen molar-refractivity contribution in [2.24, 2.45) is 0 Å². The van der Waals surface area contributed by atoms with Gasteiger partial charge in [-0.1, -0.05) is 0 Å². The molecule has 2 aliphatic rings. The number of aromatic nitrogens is 1. The molecular formula is C15H12BrFN2O2. The summed E-state index contributed by atoms with van der Waals surface area (Å²) in [7, 11) is 1.65. The molecule has 1 N–H and O–H groups in total. The Morgan fingerprint density at radius 1 is 1.48 bits per heavy atom. The molecule has 0 saturated heterocycles. The maximum absolute atomic E-state index is 13.7. The zero-order valence-corrected chi connectivity index (χ0v) is 12.8. The molecule has 0 bridgehead atoms. The number of rotatable bonds is 1. The van der Waals surface area contributed by atoms with Gasteiger partial charge >= 0.3 is 0 Å². The Bertz CT molecular complexity index is 787. The first-order valence-corrected chi connectivity index (χ1v) is 7.47. The number of ether oxygens (including phenoxy) is 1. The van der Waals surface area contributed by atoms with Crippen LogP contribution in [0.5, 0.6) is 0 Å². The van der Waals surface area contributed by atoms with Crippen LogP contribution in [-0.4, -0.2) is 24.1 Å². The zero-order valence-electron chi connectivity index (χ0n) is 11.2. The third kappa shape index (κ3) is 1.63. The summed E-state index contributed by atoms with van der Waals surface area (Å²) in [4.78, 5) is 16.7. The summed E-state index contributed by atoms with van der Waals surface area (Å²) in [6.07, 6.45) is 3.00. The molecule has 1 aromatic carbocycles. The van der Waals surface area contributed by atoms with Crippen LogP contribution >= 0.6 is 15.9 Å². The fourth-order valence-electron chi connectivity index (χ4n) is 3.43. The van der Waals surface area contributed by atoms with Crippen molar-refractivity contribution < 1.29 is 13.9 Å². The molecule has 1 fully saturated rings. The monoisotopic (exact) mass is 350 g/mol. The van der Waals surface area contributed by atoms with Crippen LogP contribution in [0.1, 0.15) is 18.4 Å². The predicted octanol–water partition coefficient (Wildman–Crippen LogP) is 3.14. The molecule has 4 rings (SSSR count). The van der Waals surface area contributed by atoms with Gasteiger partial charge in [-0.15, -0.1) is 0 Å². The maximum Gasteiger partial charge on any atom is 0.235 e. The number of fused-ring (bicyclic) bond motifs is 4. The smallest absolute Gasteiger partial charge is 0.235 e. The lowest BCUT2D eigenvalue weighted by atomic mass is 9.62. The highest BCUT2D eigenvalue weighted by Crippen LogP contribution is 2.54. The van der Waals surface area contributed by atoms with E-state index in [0.29, 0.717) is 22.8 Å². The number of anilines is 1. The minimum absolute atomic E-state index is 0.0134. The SMILES string of the molecule is COC1CC2(C1)C(=O)Nc1cnc3cc(F)c(Br)cc3c12. The predicted molar refractivity (Wildman–Crippen MR) is 79.7 cm³/mol. The Morgan fingerprint density at radius 3 is 2.95 bits per heavy atom. The molecule has 1 aromatic heterocycles. The molecule has 4 nitrogen and oxygen atoms in total. The van der Waals surface area contributed by atoms with Crippen molar-refractivity contribution in [3.63, 3.8) is 0 Å². The minimum Gasteiger partial charge on any atom is -0.381 e. The molecule has 108 valence electrons. The Kier molecular flexibility index (Phi) is 2.65. The van der Waals surface area contributed by atoms with Gasteiger partial charge in [-0.2, -0.15) is 0 Å². The van der Waals surface area contributed by atoms with Crippen molar-refractivity contribution in [3.05, 3.63) is 34.2 Å². The normalized spacial score (nSPS) is 26.8. The molecule has 0 atom stereocenters.